The number of hydrogen-bond donors (Lipinski definition) is 2. The van der Waals surface area contributed by atoms with Gasteiger partial charge in [0, 0.05) is 36.4 Å². The zero-order valence-corrected chi connectivity index (χ0v) is 28.8. The number of carboxylic acid groups (broad SMARTS) is 1. The highest BCUT2D eigenvalue weighted by molar-refractivity contribution is 7.14. The number of aromatic carboxylic acids is 1. The fourth-order valence-corrected chi connectivity index (χ4v) is 7.42. The third kappa shape index (κ3) is 8.01. The average molecular weight is 644 g/mol. The number of nitrogens with zero attached hydrogens (tertiary/aromatic N) is 2. The molecule has 1 saturated carbocycles. The molecule has 1 aromatic rings. The molecular weight excluding hydrogens is 594 g/mol. The van der Waals surface area contributed by atoms with Gasteiger partial charge in [-0.3, -0.25) is 9.69 Å². The Bertz CT molecular complexity index is 1390. The van der Waals surface area contributed by atoms with Gasteiger partial charge in [-0.15, -0.1) is 11.3 Å². The maximum absolute atomic E-state index is 14.4. The molecule has 3 N–H and O–H groups in total. The van der Waals surface area contributed by atoms with Crippen LogP contribution in [0.5, 0.6) is 0 Å². The molecule has 3 heterocycles. The fraction of sp³-hybridized carbons (Fsp3) is 0.706. The van der Waals surface area contributed by atoms with Crippen LogP contribution in [0.2, 0.25) is 0 Å². The zero-order valence-electron chi connectivity index (χ0n) is 28.0. The van der Waals surface area contributed by atoms with Crippen LogP contribution in [0.25, 0.3) is 0 Å². The van der Waals surface area contributed by atoms with E-state index < -0.39 is 40.9 Å². The highest BCUT2D eigenvalue weighted by Gasteiger charge is 2.56. The Labute approximate surface area is 271 Å². The first kappa shape index (κ1) is 34.8. The summed E-state index contributed by atoms with van der Waals surface area (Å²) in [5.41, 5.74) is 4.06. The normalized spacial score (nSPS) is 28.8. The number of hydrogen-bond acceptors (Lipinski definition) is 8. The van der Waals surface area contributed by atoms with Crippen molar-refractivity contribution < 1.29 is 33.8 Å². The van der Waals surface area contributed by atoms with Gasteiger partial charge in [-0.2, -0.15) is 0 Å². The minimum atomic E-state index is -1.44. The number of likely N-dealkylation sites (tertiary alicyclic amines) is 2. The van der Waals surface area contributed by atoms with E-state index in [0.29, 0.717) is 42.2 Å². The summed E-state index contributed by atoms with van der Waals surface area (Å²) >= 11 is 1.04. The molecule has 45 heavy (non-hydrogen) atoms. The third-order valence-electron chi connectivity index (χ3n) is 8.90. The van der Waals surface area contributed by atoms with Crippen molar-refractivity contribution in [2.24, 2.45) is 23.0 Å². The minimum Gasteiger partial charge on any atom is -0.477 e. The van der Waals surface area contributed by atoms with E-state index in [4.69, 9.17) is 15.2 Å². The molecular formula is C34H49N3O7S. The second kappa shape index (κ2) is 12.6. The lowest BCUT2D eigenvalue weighted by Crippen LogP contribution is -2.57. The lowest BCUT2D eigenvalue weighted by atomic mass is 9.74. The van der Waals surface area contributed by atoms with Gasteiger partial charge in [-0.25, -0.2) is 14.4 Å². The number of ketones is 1. The van der Waals surface area contributed by atoms with Crippen LogP contribution < -0.4 is 5.73 Å². The maximum atomic E-state index is 14.4. The van der Waals surface area contributed by atoms with Crippen molar-refractivity contribution in [3.05, 3.63) is 21.4 Å². The van der Waals surface area contributed by atoms with Gasteiger partial charge in [-0.1, -0.05) is 31.6 Å². The van der Waals surface area contributed by atoms with Crippen LogP contribution in [0.1, 0.15) is 114 Å². The first-order valence-electron chi connectivity index (χ1n) is 15.9. The largest absolute Gasteiger partial charge is 0.477 e. The van der Waals surface area contributed by atoms with Crippen molar-refractivity contribution in [1.82, 2.24) is 9.80 Å². The fourth-order valence-electron chi connectivity index (χ4n) is 6.48. The molecule has 3 fully saturated rings. The van der Waals surface area contributed by atoms with Crippen LogP contribution in [0.3, 0.4) is 0 Å². The SMILES string of the molecule is CC(C)(C)C#Cc1cc([C@@]2(N)CCN(C(=O)OC3(C)CCN(C(=O)OC(C)(C)C)C3)C2C(=O)[C@H]2CC[C@H](C)CC2)c(C(=O)O)s1. The highest BCUT2D eigenvalue weighted by Crippen LogP contribution is 2.44. The van der Waals surface area contributed by atoms with Crippen LogP contribution in [-0.4, -0.2) is 75.7 Å². The maximum Gasteiger partial charge on any atom is 0.411 e. The number of carbonyl (C=O) groups is 4. The Morgan fingerprint density at radius 1 is 1.02 bits per heavy atom. The van der Waals surface area contributed by atoms with Gasteiger partial charge < -0.3 is 25.2 Å². The topological polar surface area (TPSA) is 139 Å². The second-order valence-corrected chi connectivity index (χ2v) is 16.4. The minimum absolute atomic E-state index is 0.0248. The Kier molecular flexibility index (Phi) is 9.73. The van der Waals surface area contributed by atoms with Crippen LogP contribution in [0, 0.1) is 29.1 Å². The molecule has 2 saturated heterocycles. The lowest BCUT2D eigenvalue weighted by molar-refractivity contribution is -0.130. The number of Topliss-reactive ketones (excluding diaryl/α,β-unsaturated/α-hetero) is 1. The van der Waals surface area contributed by atoms with Crippen LogP contribution in [0.4, 0.5) is 9.59 Å². The van der Waals surface area contributed by atoms with Crippen molar-refractivity contribution in [2.75, 3.05) is 19.6 Å². The van der Waals surface area contributed by atoms with Gasteiger partial charge >= 0.3 is 18.2 Å². The summed E-state index contributed by atoms with van der Waals surface area (Å²) in [4.78, 5) is 57.0. The molecule has 3 aliphatic rings. The highest BCUT2D eigenvalue weighted by atomic mass is 32.1. The molecule has 2 amide bonds. The Hall–Kier alpha value is -3.10. The van der Waals surface area contributed by atoms with E-state index in [1.165, 1.54) is 9.80 Å². The molecule has 2 unspecified atom stereocenters. The van der Waals surface area contributed by atoms with Crippen molar-refractivity contribution >= 4 is 35.3 Å². The van der Waals surface area contributed by atoms with Crippen molar-refractivity contribution in [3.63, 3.8) is 0 Å². The van der Waals surface area contributed by atoms with Gasteiger partial charge in [-0.05, 0) is 79.7 Å². The molecule has 1 aromatic heterocycles. The molecule has 0 aromatic carbocycles. The van der Waals surface area contributed by atoms with Gasteiger partial charge in [0.1, 0.15) is 22.1 Å². The summed E-state index contributed by atoms with van der Waals surface area (Å²) in [6, 6.07) is 0.577. The summed E-state index contributed by atoms with van der Waals surface area (Å²) in [7, 11) is 0. The third-order valence-corrected chi connectivity index (χ3v) is 9.94. The second-order valence-electron chi connectivity index (χ2n) is 15.4. The van der Waals surface area contributed by atoms with Gasteiger partial charge in [0.25, 0.3) is 0 Å². The molecule has 4 rings (SSSR count). The Morgan fingerprint density at radius 2 is 1.67 bits per heavy atom. The Morgan fingerprint density at radius 3 is 2.24 bits per heavy atom. The summed E-state index contributed by atoms with van der Waals surface area (Å²) in [5, 5.41) is 10.2. The average Bonchev–Trinajstić information content (AvgIpc) is 3.62. The van der Waals surface area contributed by atoms with Gasteiger partial charge in [0.2, 0.25) is 0 Å². The molecule has 3 atom stereocenters. The number of thiophene rings is 1. The van der Waals surface area contributed by atoms with Crippen LogP contribution in [-0.2, 0) is 19.8 Å². The monoisotopic (exact) mass is 643 g/mol. The van der Waals surface area contributed by atoms with E-state index in [-0.39, 0.29) is 41.5 Å². The summed E-state index contributed by atoms with van der Waals surface area (Å²) < 4.78 is 11.6. The number of carboxylic acids is 1. The van der Waals surface area contributed by atoms with Gasteiger partial charge in [0.05, 0.1) is 17.0 Å². The smallest absolute Gasteiger partial charge is 0.411 e. The van der Waals surface area contributed by atoms with E-state index in [1.54, 1.807) is 33.8 Å². The van der Waals surface area contributed by atoms with Crippen molar-refractivity contribution in [1.29, 1.82) is 0 Å². The van der Waals surface area contributed by atoms with Crippen LogP contribution in [0.15, 0.2) is 6.07 Å². The van der Waals surface area contributed by atoms with Crippen molar-refractivity contribution in [3.8, 4) is 11.8 Å². The first-order valence-corrected chi connectivity index (χ1v) is 16.7. The predicted octanol–water partition coefficient (Wildman–Crippen LogP) is 6.00. The number of nitrogens with two attached hydrogens (primary N) is 1. The predicted molar refractivity (Wildman–Crippen MR) is 172 cm³/mol. The standard InChI is InChI=1S/C34H49N3O7S/c1-21-9-11-22(12-10-21)25(38)27-34(35,24-19-23(13-14-31(2,3)4)45-26(24)28(39)40)16-18-37(27)30(42)44-33(8)15-17-36(20-33)29(41)43-32(5,6)7/h19,21-22,27H,9-12,15-18,20,35H2,1-8H3,(H,39,40)/t21-,22-,27?,33?,34-/m0/s1. The molecule has 2 aliphatic heterocycles. The van der Waals surface area contributed by atoms with E-state index in [1.807, 2.05) is 20.8 Å². The van der Waals surface area contributed by atoms with Crippen LogP contribution >= 0.6 is 11.3 Å². The number of rotatable bonds is 5. The van der Waals surface area contributed by atoms with E-state index in [0.717, 1.165) is 24.2 Å². The molecule has 10 nitrogen and oxygen atoms in total. The van der Waals surface area contributed by atoms with E-state index >= 15 is 0 Å². The Balaban J connectivity index is 1.66. The first-order chi connectivity index (χ1) is 20.7. The molecule has 248 valence electrons. The zero-order chi connectivity index (χ0) is 33.5. The number of carbonyl (C=O) groups excluding carboxylic acids is 3. The number of amides is 2. The lowest BCUT2D eigenvalue weighted by Gasteiger charge is -2.38. The van der Waals surface area contributed by atoms with Crippen molar-refractivity contribution in [2.45, 2.75) is 117 Å². The summed E-state index contributed by atoms with van der Waals surface area (Å²) in [6.07, 6.45) is 2.59. The van der Waals surface area contributed by atoms with E-state index in [2.05, 4.69) is 18.8 Å². The molecule has 11 heteroatoms. The number of ether oxygens (including phenoxy) is 2. The molecule has 0 radical (unpaired) electrons. The summed E-state index contributed by atoms with van der Waals surface area (Å²) in [5.74, 6) is 5.14. The van der Waals surface area contributed by atoms with Gasteiger partial charge in [0.15, 0.2) is 5.78 Å². The molecule has 0 bridgehead atoms. The van der Waals surface area contributed by atoms with E-state index in [9.17, 15) is 24.3 Å². The quantitative estimate of drug-likeness (QED) is 0.372. The molecule has 0 spiro atoms. The molecule has 1 aliphatic carbocycles. The summed E-state index contributed by atoms with van der Waals surface area (Å²) in [6.45, 7) is 15.8.